The van der Waals surface area contributed by atoms with Gasteiger partial charge >= 0.3 is 0 Å². The lowest BCUT2D eigenvalue weighted by Crippen LogP contribution is -2.29. The summed E-state index contributed by atoms with van der Waals surface area (Å²) in [6.07, 6.45) is 3.81. The van der Waals surface area contributed by atoms with Crippen LogP contribution in [0.25, 0.3) is 0 Å². The number of nitrogens with one attached hydrogen (secondary N) is 1. The van der Waals surface area contributed by atoms with Crippen molar-refractivity contribution in [1.29, 1.82) is 0 Å². The highest BCUT2D eigenvalue weighted by Crippen LogP contribution is 1.97. The quantitative estimate of drug-likeness (QED) is 0.350. The molecule has 0 rings (SSSR count). The summed E-state index contributed by atoms with van der Waals surface area (Å²) in [5.41, 5.74) is 0. The summed E-state index contributed by atoms with van der Waals surface area (Å²) in [7, 11) is 0. The maximum atomic E-state index is 11.0. The minimum atomic E-state index is 0.0660. The van der Waals surface area contributed by atoms with Crippen LogP contribution in [-0.4, -0.2) is 16.4 Å². The van der Waals surface area contributed by atoms with Gasteiger partial charge in [-0.2, -0.15) is 0 Å². The molecule has 0 aromatic carbocycles. The van der Waals surface area contributed by atoms with Gasteiger partial charge in [0.15, 0.2) is 0 Å². The molecule has 0 aliphatic rings. The van der Waals surface area contributed by atoms with Crippen molar-refractivity contribution in [3.8, 4) is 0 Å². The fourth-order valence-corrected chi connectivity index (χ4v) is 0.819. The van der Waals surface area contributed by atoms with Crippen molar-refractivity contribution in [2.24, 2.45) is 0 Å². The normalized spacial score (nSPS) is 12.2. The van der Waals surface area contributed by atoms with E-state index in [0.717, 1.165) is 19.4 Å². The van der Waals surface area contributed by atoms with Gasteiger partial charge in [-0.3, -0.25) is 4.79 Å². The van der Waals surface area contributed by atoms with Gasteiger partial charge in [0.2, 0.25) is 5.91 Å². The van der Waals surface area contributed by atoms with Gasteiger partial charge in [0.1, 0.15) is 0 Å². The van der Waals surface area contributed by atoms with E-state index in [1.807, 2.05) is 13.0 Å². The molecule has 0 bridgehead atoms. The summed E-state index contributed by atoms with van der Waals surface area (Å²) in [4.78, 5) is 11.0. The van der Waals surface area contributed by atoms with Crippen LogP contribution in [0.5, 0.6) is 0 Å². The molecule has 0 spiro atoms. The van der Waals surface area contributed by atoms with E-state index in [-0.39, 0.29) is 9.83 Å². The fourth-order valence-electron chi connectivity index (χ4n) is 0.599. The molecule has 3 heteroatoms. The number of halogens is 1. The number of allylic oxidation sites excluding steroid dienone is 1. The van der Waals surface area contributed by atoms with Gasteiger partial charge in [0.05, 0.1) is 3.92 Å². The molecule has 0 aromatic rings. The lowest BCUT2D eigenvalue weighted by molar-refractivity contribution is -0.119. The third-order valence-electron chi connectivity index (χ3n) is 1.25. The average Bonchev–Trinajstić information content (AvgIpc) is 1.97. The van der Waals surface area contributed by atoms with Crippen LogP contribution in [0, 0.1) is 0 Å². The van der Waals surface area contributed by atoms with E-state index >= 15 is 0 Å². The van der Waals surface area contributed by atoms with Crippen molar-refractivity contribution in [3.05, 3.63) is 12.7 Å². The summed E-state index contributed by atoms with van der Waals surface area (Å²) >= 11 is 2.10. The molecular weight excluding hydrogens is 253 g/mol. The molecule has 2 nitrogen and oxygen atoms in total. The van der Waals surface area contributed by atoms with Gasteiger partial charge in [-0.15, -0.1) is 6.58 Å². The SMILES string of the molecule is C=CCCCNC(=O)C(C)I. The Bertz CT molecular complexity index is 134. The van der Waals surface area contributed by atoms with Crippen molar-refractivity contribution < 1.29 is 4.79 Å². The third kappa shape index (κ3) is 6.34. The number of hydrogen-bond acceptors (Lipinski definition) is 1. The molecule has 1 amide bonds. The summed E-state index contributed by atoms with van der Waals surface area (Å²) < 4.78 is 0.0660. The van der Waals surface area contributed by atoms with Crippen molar-refractivity contribution in [2.45, 2.75) is 23.7 Å². The van der Waals surface area contributed by atoms with E-state index in [9.17, 15) is 4.79 Å². The Morgan fingerprint density at radius 2 is 2.45 bits per heavy atom. The number of carbonyl (C=O) groups excluding carboxylic acids is 1. The highest BCUT2D eigenvalue weighted by molar-refractivity contribution is 14.1. The first-order valence-electron chi connectivity index (χ1n) is 3.71. The molecule has 0 heterocycles. The Hall–Kier alpha value is -0.0600. The van der Waals surface area contributed by atoms with Gasteiger partial charge in [0, 0.05) is 6.54 Å². The van der Waals surface area contributed by atoms with Crippen molar-refractivity contribution >= 4 is 28.5 Å². The second-order valence-corrected chi connectivity index (χ2v) is 4.21. The Kier molecular flexibility index (Phi) is 6.60. The third-order valence-corrected chi connectivity index (χ3v) is 1.81. The molecule has 64 valence electrons. The zero-order valence-electron chi connectivity index (χ0n) is 6.77. The first-order valence-corrected chi connectivity index (χ1v) is 4.95. The Labute approximate surface area is 81.6 Å². The standard InChI is InChI=1S/C8H14INO/c1-3-4-5-6-10-8(11)7(2)9/h3,7H,1,4-6H2,2H3,(H,10,11). The molecule has 0 aliphatic carbocycles. The largest absolute Gasteiger partial charge is 0.355 e. The van der Waals surface area contributed by atoms with Crippen molar-refractivity contribution in [1.82, 2.24) is 5.32 Å². The van der Waals surface area contributed by atoms with Gasteiger partial charge in [-0.25, -0.2) is 0 Å². The van der Waals surface area contributed by atoms with Gasteiger partial charge in [-0.1, -0.05) is 28.7 Å². The molecule has 0 aromatic heterocycles. The summed E-state index contributed by atoms with van der Waals surface area (Å²) in [6, 6.07) is 0. The topological polar surface area (TPSA) is 29.1 Å². The number of unbranched alkanes of at least 4 members (excludes halogenated alkanes) is 1. The second kappa shape index (κ2) is 6.64. The van der Waals surface area contributed by atoms with E-state index in [1.165, 1.54) is 0 Å². The fraction of sp³-hybridized carbons (Fsp3) is 0.625. The predicted octanol–water partition coefficient (Wildman–Crippen LogP) is 1.89. The first kappa shape index (κ1) is 10.9. The van der Waals surface area contributed by atoms with Crippen molar-refractivity contribution in [2.75, 3.05) is 6.54 Å². The molecular formula is C8H14INO. The monoisotopic (exact) mass is 267 g/mol. The van der Waals surface area contributed by atoms with Crippen LogP contribution in [0.4, 0.5) is 0 Å². The maximum absolute atomic E-state index is 11.0. The van der Waals surface area contributed by atoms with Crippen LogP contribution in [0.15, 0.2) is 12.7 Å². The highest BCUT2D eigenvalue weighted by atomic mass is 127. The number of amides is 1. The zero-order valence-corrected chi connectivity index (χ0v) is 8.93. The molecule has 11 heavy (non-hydrogen) atoms. The van der Waals surface area contributed by atoms with Crippen LogP contribution in [0.2, 0.25) is 0 Å². The molecule has 1 atom stereocenters. The van der Waals surface area contributed by atoms with Gasteiger partial charge in [-0.05, 0) is 19.8 Å². The van der Waals surface area contributed by atoms with Gasteiger partial charge in [0.25, 0.3) is 0 Å². The first-order chi connectivity index (χ1) is 5.18. The molecule has 0 fully saturated rings. The maximum Gasteiger partial charge on any atom is 0.232 e. The van der Waals surface area contributed by atoms with Crippen LogP contribution >= 0.6 is 22.6 Å². The van der Waals surface area contributed by atoms with E-state index in [0.29, 0.717) is 0 Å². The molecule has 0 radical (unpaired) electrons. The average molecular weight is 267 g/mol. The molecule has 0 aliphatic heterocycles. The number of carbonyl (C=O) groups is 1. The number of hydrogen-bond donors (Lipinski definition) is 1. The molecule has 1 unspecified atom stereocenters. The number of alkyl halides is 1. The molecule has 0 saturated carbocycles. The summed E-state index contributed by atoms with van der Waals surface area (Å²) in [6.45, 7) is 6.24. The van der Waals surface area contributed by atoms with E-state index in [2.05, 4.69) is 34.5 Å². The van der Waals surface area contributed by atoms with Crippen molar-refractivity contribution in [3.63, 3.8) is 0 Å². The minimum absolute atomic E-state index is 0.0660. The zero-order chi connectivity index (χ0) is 8.69. The van der Waals surface area contributed by atoms with E-state index < -0.39 is 0 Å². The van der Waals surface area contributed by atoms with Gasteiger partial charge < -0.3 is 5.32 Å². The lowest BCUT2D eigenvalue weighted by atomic mass is 10.3. The Morgan fingerprint density at radius 1 is 1.82 bits per heavy atom. The Morgan fingerprint density at radius 3 is 2.91 bits per heavy atom. The van der Waals surface area contributed by atoms with Crippen LogP contribution in [0.3, 0.4) is 0 Å². The smallest absolute Gasteiger partial charge is 0.232 e. The lowest BCUT2D eigenvalue weighted by Gasteiger charge is -2.04. The number of rotatable bonds is 5. The predicted molar refractivity (Wildman–Crippen MR) is 55.9 cm³/mol. The summed E-state index contributed by atoms with van der Waals surface area (Å²) in [5, 5.41) is 2.82. The van der Waals surface area contributed by atoms with Crippen LogP contribution < -0.4 is 5.32 Å². The van der Waals surface area contributed by atoms with Crippen LogP contribution in [-0.2, 0) is 4.79 Å². The van der Waals surface area contributed by atoms with Crippen LogP contribution in [0.1, 0.15) is 19.8 Å². The highest BCUT2D eigenvalue weighted by Gasteiger charge is 2.05. The van der Waals surface area contributed by atoms with E-state index in [4.69, 9.17) is 0 Å². The Balaban J connectivity index is 3.24. The second-order valence-electron chi connectivity index (χ2n) is 2.34. The molecule has 1 N–H and O–H groups in total. The molecule has 0 saturated heterocycles. The minimum Gasteiger partial charge on any atom is -0.355 e. The van der Waals surface area contributed by atoms with E-state index in [1.54, 1.807) is 0 Å². The summed E-state index contributed by atoms with van der Waals surface area (Å²) in [5.74, 6) is 0.120.